The molecule has 0 spiro atoms. The second kappa shape index (κ2) is 6.29. The van der Waals surface area contributed by atoms with E-state index in [9.17, 15) is 27.6 Å². The summed E-state index contributed by atoms with van der Waals surface area (Å²) in [5, 5.41) is 21.6. The van der Waals surface area contributed by atoms with Gasteiger partial charge >= 0.3 is 18.1 Å². The van der Waals surface area contributed by atoms with Crippen molar-refractivity contribution in [2.24, 2.45) is 5.41 Å². The summed E-state index contributed by atoms with van der Waals surface area (Å²) in [6.45, 7) is -0.645. The molecule has 0 aromatic rings. The Bertz CT molecular complexity index is 432. The lowest BCUT2D eigenvalue weighted by molar-refractivity contribution is -0.216. The first-order valence-corrected chi connectivity index (χ1v) is 6.13. The average Bonchev–Trinajstić information content (AvgIpc) is 2.83. The molecule has 7 nitrogen and oxygen atoms in total. The fourth-order valence-corrected chi connectivity index (χ4v) is 2.08. The maximum Gasteiger partial charge on any atom is 0.404 e. The van der Waals surface area contributed by atoms with E-state index in [0.29, 0.717) is 0 Å². The van der Waals surface area contributed by atoms with Crippen molar-refractivity contribution in [1.82, 2.24) is 10.6 Å². The number of nitrogens with one attached hydrogen (secondary N) is 2. The third-order valence-electron chi connectivity index (χ3n) is 3.38. The Kier molecular flexibility index (Phi) is 5.15. The van der Waals surface area contributed by atoms with Gasteiger partial charge in [-0.1, -0.05) is 0 Å². The van der Waals surface area contributed by atoms with E-state index in [4.69, 9.17) is 10.2 Å². The molecule has 1 heterocycles. The van der Waals surface area contributed by atoms with Crippen LogP contribution in [0.2, 0.25) is 0 Å². The molecule has 1 rings (SSSR count). The first-order valence-electron chi connectivity index (χ1n) is 6.13. The Morgan fingerprint density at radius 1 is 1.29 bits per heavy atom. The minimum atomic E-state index is -4.82. The van der Waals surface area contributed by atoms with Crippen LogP contribution in [0.4, 0.5) is 13.2 Å². The summed E-state index contributed by atoms with van der Waals surface area (Å²) in [4.78, 5) is 33.2. The molecule has 1 saturated heterocycles. The van der Waals surface area contributed by atoms with Gasteiger partial charge in [0.15, 0.2) is 5.41 Å². The van der Waals surface area contributed by atoms with Crippen LogP contribution in [0.15, 0.2) is 0 Å². The van der Waals surface area contributed by atoms with Gasteiger partial charge in [-0.15, -0.1) is 0 Å². The van der Waals surface area contributed by atoms with Gasteiger partial charge in [-0.05, 0) is 19.4 Å². The molecule has 0 saturated carbocycles. The Morgan fingerprint density at radius 2 is 1.90 bits per heavy atom. The second-order valence-corrected chi connectivity index (χ2v) is 4.80. The third kappa shape index (κ3) is 3.84. The van der Waals surface area contributed by atoms with Crippen LogP contribution in [0.25, 0.3) is 0 Å². The molecule has 1 aliphatic rings. The van der Waals surface area contributed by atoms with E-state index in [1.807, 2.05) is 0 Å². The molecule has 0 bridgehead atoms. The number of carbonyl (C=O) groups excluding carboxylic acids is 1. The Morgan fingerprint density at radius 3 is 2.29 bits per heavy atom. The minimum absolute atomic E-state index is 0.0141. The molecule has 0 aliphatic carbocycles. The highest BCUT2D eigenvalue weighted by atomic mass is 19.4. The van der Waals surface area contributed by atoms with E-state index in [1.165, 1.54) is 0 Å². The Balaban J connectivity index is 2.84. The summed E-state index contributed by atoms with van der Waals surface area (Å²) in [5.74, 6) is -4.32. The molecule has 4 N–H and O–H groups in total. The predicted octanol–water partition coefficient (Wildman–Crippen LogP) is -0.0374. The fraction of sp³-hybridized carbons (Fsp3) is 0.727. The number of aliphatic carboxylic acids is 2. The van der Waals surface area contributed by atoms with Gasteiger partial charge in [-0.25, -0.2) is 4.79 Å². The van der Waals surface area contributed by atoms with Crippen LogP contribution in [0.1, 0.15) is 19.3 Å². The van der Waals surface area contributed by atoms with Crippen molar-refractivity contribution < 1.29 is 37.8 Å². The van der Waals surface area contributed by atoms with Gasteiger partial charge in [0.1, 0.15) is 6.04 Å². The number of carbonyl (C=O) groups is 3. The van der Waals surface area contributed by atoms with Crippen LogP contribution < -0.4 is 10.6 Å². The molecule has 21 heavy (non-hydrogen) atoms. The van der Waals surface area contributed by atoms with Gasteiger partial charge in [-0.3, -0.25) is 9.59 Å². The number of rotatable bonds is 6. The van der Waals surface area contributed by atoms with Crippen molar-refractivity contribution in [3.05, 3.63) is 0 Å². The Labute approximate surface area is 117 Å². The molecular formula is C11H15F3N2O5. The van der Waals surface area contributed by atoms with Crippen molar-refractivity contribution in [2.45, 2.75) is 31.5 Å². The van der Waals surface area contributed by atoms with Gasteiger partial charge < -0.3 is 20.8 Å². The molecule has 1 fully saturated rings. The van der Waals surface area contributed by atoms with Crippen molar-refractivity contribution >= 4 is 17.8 Å². The van der Waals surface area contributed by atoms with Crippen LogP contribution in [-0.4, -0.2) is 53.4 Å². The van der Waals surface area contributed by atoms with Crippen molar-refractivity contribution in [3.63, 3.8) is 0 Å². The van der Waals surface area contributed by atoms with E-state index >= 15 is 0 Å². The number of amides is 1. The van der Waals surface area contributed by atoms with Crippen LogP contribution in [0.5, 0.6) is 0 Å². The lowest BCUT2D eigenvalue weighted by Crippen LogP contribution is -2.55. The average molecular weight is 312 g/mol. The molecule has 2 unspecified atom stereocenters. The zero-order valence-corrected chi connectivity index (χ0v) is 10.9. The standard InChI is InChI=1S/C11H15F3N2O5/c12-11(13,14)10(3-4-15-5-10)9(21)16-6(8(19)20)1-2-7(17)18/h6,15H,1-5H2,(H,16,21)(H,17,18)(H,19,20). The van der Waals surface area contributed by atoms with E-state index in [-0.39, 0.29) is 6.54 Å². The van der Waals surface area contributed by atoms with E-state index < -0.39 is 61.3 Å². The van der Waals surface area contributed by atoms with Crippen LogP contribution >= 0.6 is 0 Å². The zero-order chi connectivity index (χ0) is 16.3. The van der Waals surface area contributed by atoms with Crippen LogP contribution in [0, 0.1) is 5.41 Å². The molecule has 0 aromatic heterocycles. The topological polar surface area (TPSA) is 116 Å². The monoisotopic (exact) mass is 312 g/mol. The second-order valence-electron chi connectivity index (χ2n) is 4.80. The number of alkyl halides is 3. The maximum atomic E-state index is 13.1. The first kappa shape index (κ1) is 17.2. The third-order valence-corrected chi connectivity index (χ3v) is 3.38. The molecule has 10 heteroatoms. The lowest BCUT2D eigenvalue weighted by Gasteiger charge is -2.30. The number of carboxylic acids is 2. The quantitative estimate of drug-likeness (QED) is 0.547. The highest BCUT2D eigenvalue weighted by Crippen LogP contribution is 2.43. The van der Waals surface area contributed by atoms with Crippen molar-refractivity contribution in [2.75, 3.05) is 13.1 Å². The molecule has 0 radical (unpaired) electrons. The van der Waals surface area contributed by atoms with Crippen LogP contribution in [-0.2, 0) is 14.4 Å². The van der Waals surface area contributed by atoms with E-state index in [2.05, 4.69) is 5.32 Å². The van der Waals surface area contributed by atoms with Crippen LogP contribution in [0.3, 0.4) is 0 Å². The summed E-state index contributed by atoms with van der Waals surface area (Å²) < 4.78 is 39.3. The number of hydrogen-bond donors (Lipinski definition) is 4. The van der Waals surface area contributed by atoms with E-state index in [1.54, 1.807) is 5.32 Å². The largest absolute Gasteiger partial charge is 0.481 e. The minimum Gasteiger partial charge on any atom is -0.481 e. The summed E-state index contributed by atoms with van der Waals surface area (Å²) in [6, 6.07) is -1.67. The highest BCUT2D eigenvalue weighted by Gasteiger charge is 2.61. The first-order chi connectivity index (χ1) is 9.60. The molecule has 1 aliphatic heterocycles. The zero-order valence-electron chi connectivity index (χ0n) is 10.9. The molecule has 0 aromatic carbocycles. The summed E-state index contributed by atoms with van der Waals surface area (Å²) in [5.41, 5.74) is -2.68. The summed E-state index contributed by atoms with van der Waals surface area (Å²) >= 11 is 0. The van der Waals surface area contributed by atoms with Gasteiger partial charge in [0.05, 0.1) is 0 Å². The molecule has 1 amide bonds. The molecule has 120 valence electrons. The lowest BCUT2D eigenvalue weighted by atomic mass is 9.84. The SMILES string of the molecule is O=C(O)CCC(NC(=O)C1(C(F)(F)F)CCNC1)C(=O)O. The fourth-order valence-electron chi connectivity index (χ4n) is 2.08. The van der Waals surface area contributed by atoms with Gasteiger partial charge in [0.25, 0.3) is 0 Å². The molecule has 2 atom stereocenters. The number of halogens is 3. The maximum absolute atomic E-state index is 13.1. The normalized spacial score (nSPS) is 23.6. The van der Waals surface area contributed by atoms with Crippen molar-refractivity contribution in [1.29, 1.82) is 0 Å². The Hall–Kier alpha value is -1.84. The smallest absolute Gasteiger partial charge is 0.404 e. The van der Waals surface area contributed by atoms with Gasteiger partial charge in [-0.2, -0.15) is 13.2 Å². The van der Waals surface area contributed by atoms with Crippen molar-refractivity contribution in [3.8, 4) is 0 Å². The van der Waals surface area contributed by atoms with Gasteiger partial charge in [0, 0.05) is 13.0 Å². The van der Waals surface area contributed by atoms with E-state index in [0.717, 1.165) is 0 Å². The van der Waals surface area contributed by atoms with Gasteiger partial charge in [0.2, 0.25) is 5.91 Å². The number of carboxylic acid groups (broad SMARTS) is 2. The highest BCUT2D eigenvalue weighted by molar-refractivity contribution is 5.88. The summed E-state index contributed by atoms with van der Waals surface area (Å²) in [6.07, 6.45) is -6.38. The predicted molar refractivity (Wildman–Crippen MR) is 62.4 cm³/mol. The summed E-state index contributed by atoms with van der Waals surface area (Å²) in [7, 11) is 0. The molecular weight excluding hydrogens is 297 g/mol. The number of hydrogen-bond acceptors (Lipinski definition) is 4.